The van der Waals surface area contributed by atoms with Crippen molar-refractivity contribution in [2.75, 3.05) is 5.32 Å². The van der Waals surface area contributed by atoms with Crippen LogP contribution in [0.2, 0.25) is 0 Å². The Balaban J connectivity index is 2.73. The topological polar surface area (TPSA) is 101 Å². The molecule has 0 saturated carbocycles. The summed E-state index contributed by atoms with van der Waals surface area (Å²) >= 11 is 0. The molecule has 7 heteroatoms. The first-order valence-electron chi connectivity index (χ1n) is 7.76. The van der Waals surface area contributed by atoms with E-state index in [2.05, 4.69) is 5.32 Å². The van der Waals surface area contributed by atoms with Crippen molar-refractivity contribution in [3.8, 4) is 0 Å². The van der Waals surface area contributed by atoms with Crippen LogP contribution in [0.25, 0.3) is 0 Å². The van der Waals surface area contributed by atoms with E-state index in [1.165, 1.54) is 13.0 Å². The van der Waals surface area contributed by atoms with Crippen LogP contribution in [0.3, 0.4) is 0 Å². The van der Waals surface area contributed by atoms with Gasteiger partial charge in [-0.25, -0.2) is 0 Å². The third-order valence-electron chi connectivity index (χ3n) is 3.63. The first kappa shape index (κ1) is 18.8. The van der Waals surface area contributed by atoms with E-state index in [9.17, 15) is 22.6 Å². The zero-order valence-corrected chi connectivity index (χ0v) is 14.8. The van der Waals surface area contributed by atoms with Crippen molar-refractivity contribution in [1.29, 1.82) is 0 Å². The fourth-order valence-electron chi connectivity index (χ4n) is 2.62. The molecule has 0 heterocycles. The van der Waals surface area contributed by atoms with Crippen LogP contribution in [0.15, 0.2) is 47.4 Å². The quantitative estimate of drug-likeness (QED) is 0.608. The van der Waals surface area contributed by atoms with Crippen LogP contribution in [0.5, 0.6) is 0 Å². The molecule has 0 aliphatic rings. The Morgan fingerprint density at radius 2 is 1.72 bits per heavy atom. The molecule has 0 atom stereocenters. The molecular formula is C18H19NO5S. The Hall–Kier alpha value is -2.51. The van der Waals surface area contributed by atoms with Gasteiger partial charge in [-0.2, -0.15) is 8.42 Å². The summed E-state index contributed by atoms with van der Waals surface area (Å²) < 4.78 is 32.8. The van der Waals surface area contributed by atoms with Crippen molar-refractivity contribution in [1.82, 2.24) is 0 Å². The van der Waals surface area contributed by atoms with Gasteiger partial charge in [0.25, 0.3) is 10.1 Å². The lowest BCUT2D eigenvalue weighted by molar-refractivity contribution is -0.114. The van der Waals surface area contributed by atoms with Gasteiger partial charge in [0, 0.05) is 18.1 Å². The summed E-state index contributed by atoms with van der Waals surface area (Å²) in [6, 6.07) is 11.1. The van der Waals surface area contributed by atoms with Gasteiger partial charge >= 0.3 is 0 Å². The number of carbonyl (C=O) groups is 2. The molecule has 0 aromatic heterocycles. The van der Waals surface area contributed by atoms with Crippen molar-refractivity contribution in [3.05, 3.63) is 59.2 Å². The van der Waals surface area contributed by atoms with E-state index in [-0.39, 0.29) is 11.5 Å². The van der Waals surface area contributed by atoms with Crippen LogP contribution in [0, 0.1) is 0 Å². The maximum absolute atomic E-state index is 12.8. The van der Waals surface area contributed by atoms with Gasteiger partial charge in [0.1, 0.15) is 4.90 Å². The molecule has 132 valence electrons. The van der Waals surface area contributed by atoms with Crippen LogP contribution >= 0.6 is 0 Å². The van der Waals surface area contributed by atoms with Gasteiger partial charge in [0.2, 0.25) is 5.91 Å². The second-order valence-electron chi connectivity index (χ2n) is 5.57. The van der Waals surface area contributed by atoms with Gasteiger partial charge in [-0.3, -0.25) is 14.1 Å². The lowest BCUT2D eigenvalue weighted by Gasteiger charge is -2.17. The molecule has 2 aromatic carbocycles. The second kappa shape index (κ2) is 7.58. The van der Waals surface area contributed by atoms with E-state index in [4.69, 9.17) is 0 Å². The van der Waals surface area contributed by atoms with Crippen LogP contribution < -0.4 is 5.32 Å². The van der Waals surface area contributed by atoms with E-state index >= 15 is 0 Å². The fraction of sp³-hybridized carbons (Fsp3) is 0.222. The summed E-state index contributed by atoms with van der Waals surface area (Å²) in [5.74, 6) is -0.774. The van der Waals surface area contributed by atoms with Crippen molar-refractivity contribution in [3.63, 3.8) is 0 Å². The number of rotatable bonds is 6. The predicted molar refractivity (Wildman–Crippen MR) is 94.4 cm³/mol. The third kappa shape index (κ3) is 4.32. The highest BCUT2D eigenvalue weighted by molar-refractivity contribution is 7.86. The number of hydrogen-bond donors (Lipinski definition) is 2. The van der Waals surface area contributed by atoms with Gasteiger partial charge in [0.05, 0.1) is 5.69 Å². The Labute approximate surface area is 146 Å². The molecule has 0 bridgehead atoms. The average molecular weight is 361 g/mol. The van der Waals surface area contributed by atoms with Gasteiger partial charge < -0.3 is 5.32 Å². The van der Waals surface area contributed by atoms with Crippen molar-refractivity contribution >= 4 is 27.5 Å². The summed E-state index contributed by atoms with van der Waals surface area (Å²) in [5.41, 5.74) is 1.10. The smallest absolute Gasteiger partial charge is 0.296 e. The summed E-state index contributed by atoms with van der Waals surface area (Å²) in [6.45, 7) is 3.10. The Morgan fingerprint density at radius 1 is 1.08 bits per heavy atom. The van der Waals surface area contributed by atoms with E-state index in [0.29, 0.717) is 29.5 Å². The molecule has 0 spiro atoms. The molecule has 2 rings (SSSR count). The highest BCUT2D eigenvalue weighted by Crippen LogP contribution is 2.31. The zero-order valence-electron chi connectivity index (χ0n) is 13.9. The first-order chi connectivity index (χ1) is 11.8. The molecule has 6 nitrogen and oxygen atoms in total. The molecule has 0 aliphatic carbocycles. The molecule has 2 N–H and O–H groups in total. The minimum atomic E-state index is -4.55. The van der Waals surface area contributed by atoms with E-state index in [1.807, 2.05) is 6.92 Å². The summed E-state index contributed by atoms with van der Waals surface area (Å²) in [7, 11) is -4.55. The first-order valence-corrected chi connectivity index (χ1v) is 9.20. The largest absolute Gasteiger partial charge is 0.325 e. The lowest BCUT2D eigenvalue weighted by Crippen LogP contribution is -2.16. The number of ketones is 1. The molecule has 2 aromatic rings. The second-order valence-corrected chi connectivity index (χ2v) is 6.96. The number of anilines is 1. The molecule has 0 saturated heterocycles. The molecular weight excluding hydrogens is 342 g/mol. The molecule has 0 unspecified atom stereocenters. The molecule has 0 radical (unpaired) electrons. The molecule has 1 amide bonds. The Bertz CT molecular complexity index is 905. The maximum Gasteiger partial charge on any atom is 0.296 e. The van der Waals surface area contributed by atoms with Crippen LogP contribution in [0.1, 0.15) is 41.8 Å². The van der Waals surface area contributed by atoms with Gasteiger partial charge in [-0.15, -0.1) is 0 Å². The third-order valence-corrected chi connectivity index (χ3v) is 4.53. The Morgan fingerprint density at radius 3 is 2.24 bits per heavy atom. The summed E-state index contributed by atoms with van der Waals surface area (Å²) in [4.78, 5) is 23.9. The SMILES string of the molecule is CCCc1c(C(=O)c2ccccc2)ccc(S(=O)(=O)O)c1NC(C)=O. The van der Waals surface area contributed by atoms with Crippen LogP contribution in [-0.4, -0.2) is 24.7 Å². The Kier molecular flexibility index (Phi) is 5.71. The number of amides is 1. The summed E-state index contributed by atoms with van der Waals surface area (Å²) in [6.07, 6.45) is 0.990. The molecule has 0 fully saturated rings. The van der Waals surface area contributed by atoms with E-state index in [0.717, 1.165) is 6.07 Å². The fourth-order valence-corrected chi connectivity index (χ4v) is 3.29. The van der Waals surface area contributed by atoms with Gasteiger partial charge in [0.15, 0.2) is 5.78 Å². The van der Waals surface area contributed by atoms with Crippen molar-refractivity contribution in [2.45, 2.75) is 31.6 Å². The van der Waals surface area contributed by atoms with Crippen LogP contribution in [0.4, 0.5) is 5.69 Å². The lowest BCUT2D eigenvalue weighted by atomic mass is 9.94. The van der Waals surface area contributed by atoms with Crippen LogP contribution in [-0.2, 0) is 21.3 Å². The van der Waals surface area contributed by atoms with E-state index < -0.39 is 20.9 Å². The van der Waals surface area contributed by atoms with Gasteiger partial charge in [-0.05, 0) is 24.1 Å². The van der Waals surface area contributed by atoms with Crippen molar-refractivity contribution < 1.29 is 22.6 Å². The maximum atomic E-state index is 12.8. The van der Waals surface area contributed by atoms with E-state index in [1.54, 1.807) is 30.3 Å². The minimum absolute atomic E-state index is 0.0429. The number of carbonyl (C=O) groups excluding carboxylic acids is 2. The van der Waals surface area contributed by atoms with Gasteiger partial charge in [-0.1, -0.05) is 43.7 Å². The molecule has 25 heavy (non-hydrogen) atoms. The highest BCUT2D eigenvalue weighted by atomic mass is 32.2. The minimum Gasteiger partial charge on any atom is -0.325 e. The normalized spacial score (nSPS) is 11.2. The standard InChI is InChI=1S/C18H19NO5S/c1-3-7-14-15(18(21)13-8-5-4-6-9-13)10-11-16(25(22,23)24)17(14)19-12(2)20/h4-6,8-11H,3,7H2,1-2H3,(H,19,20)(H,22,23,24). The van der Waals surface area contributed by atoms with Crippen molar-refractivity contribution in [2.24, 2.45) is 0 Å². The number of benzene rings is 2. The zero-order chi connectivity index (χ0) is 18.6. The average Bonchev–Trinajstić information content (AvgIpc) is 2.55. The number of nitrogens with one attached hydrogen (secondary N) is 1. The summed E-state index contributed by atoms with van der Waals surface area (Å²) in [5, 5.41) is 2.45. The highest BCUT2D eigenvalue weighted by Gasteiger charge is 2.24. The number of hydrogen-bond acceptors (Lipinski definition) is 4. The molecule has 0 aliphatic heterocycles. The predicted octanol–water partition coefficient (Wildman–Crippen LogP) is 3.08. The monoisotopic (exact) mass is 361 g/mol.